The van der Waals surface area contributed by atoms with E-state index in [1.807, 2.05) is 73.8 Å². The summed E-state index contributed by atoms with van der Waals surface area (Å²) in [6.07, 6.45) is 3.44. The molecule has 1 N–H and O–H groups in total. The number of benzene rings is 2. The molecule has 0 atom stereocenters. The molecule has 0 unspecified atom stereocenters. The van der Waals surface area contributed by atoms with Crippen molar-refractivity contribution in [3.05, 3.63) is 147 Å². The fraction of sp³-hybridized carbons (Fsp3) is 0.289. The molecule has 4 aromatic heterocycles. The molecule has 2 aliphatic rings. The van der Waals surface area contributed by atoms with Crippen LogP contribution in [0.15, 0.2) is 94.8 Å². The first-order valence-electron chi connectivity index (χ1n) is 18.5. The van der Waals surface area contributed by atoms with Crippen molar-refractivity contribution >= 4 is 36.0 Å². The van der Waals surface area contributed by atoms with Crippen LogP contribution in [0, 0.1) is 35.5 Å². The van der Waals surface area contributed by atoms with Crippen molar-refractivity contribution in [2.24, 2.45) is 14.1 Å². The normalized spacial score (nSPS) is 13.0. The number of ketones is 1. The molecule has 0 amide bonds. The van der Waals surface area contributed by atoms with E-state index in [2.05, 4.69) is 57.7 Å². The molecule has 3 radical (unpaired) electrons. The average Bonchev–Trinajstić information content (AvgIpc) is 3.17. The molecule has 0 aliphatic carbocycles. The van der Waals surface area contributed by atoms with E-state index < -0.39 is 0 Å². The van der Waals surface area contributed by atoms with Crippen LogP contribution < -0.4 is 46.0 Å². The molecule has 2 aliphatic heterocycles. The van der Waals surface area contributed by atoms with Crippen LogP contribution in [-0.2, 0) is 18.9 Å². The van der Waals surface area contributed by atoms with Crippen molar-refractivity contribution < 1.29 is 34.4 Å². The molecular formula is C45H44BN9NaO3. The molecule has 2 fully saturated rings. The topological polar surface area (TPSA) is 152 Å². The van der Waals surface area contributed by atoms with Crippen molar-refractivity contribution in [3.63, 3.8) is 0 Å². The summed E-state index contributed by atoms with van der Waals surface area (Å²) < 4.78 is 3.36. The fourth-order valence-corrected chi connectivity index (χ4v) is 6.18. The number of hydrogen-bond acceptors (Lipinski definition) is 10. The molecule has 6 aromatic rings. The predicted octanol–water partition coefficient (Wildman–Crippen LogP) is 1.27. The number of nitrogens with zero attached hydrogens (tertiary/aromatic N) is 8. The summed E-state index contributed by atoms with van der Waals surface area (Å²) in [5, 5.41) is 10.7. The number of carbonyl (C=O) groups excluding carboxylic acids is 1. The molecule has 8 rings (SSSR count). The van der Waals surface area contributed by atoms with Gasteiger partial charge in [0.25, 0.3) is 11.1 Å². The van der Waals surface area contributed by atoms with Crippen LogP contribution in [0.1, 0.15) is 73.7 Å². The summed E-state index contributed by atoms with van der Waals surface area (Å²) in [4.78, 5) is 55.1. The smallest absolute Gasteiger partial charge is 0.512 e. The first kappa shape index (κ1) is 47.7. The summed E-state index contributed by atoms with van der Waals surface area (Å²) >= 11 is 0. The first-order valence-corrected chi connectivity index (χ1v) is 18.5. The van der Waals surface area contributed by atoms with Crippen LogP contribution in [0.2, 0.25) is 0 Å². The molecular weight excluding hydrogens is 748 g/mol. The van der Waals surface area contributed by atoms with E-state index in [4.69, 9.17) is 21.8 Å². The average molecular weight is 793 g/mol. The molecule has 0 saturated carbocycles. The third-order valence-electron chi connectivity index (χ3n) is 9.37. The number of carbonyl (C=O) groups is 1. The van der Waals surface area contributed by atoms with Gasteiger partial charge in [0.15, 0.2) is 0 Å². The second-order valence-corrected chi connectivity index (χ2v) is 14.1. The van der Waals surface area contributed by atoms with Gasteiger partial charge >= 0.3 is 29.6 Å². The first-order chi connectivity index (χ1) is 27.5. The van der Waals surface area contributed by atoms with Gasteiger partial charge in [-0.1, -0.05) is 24.0 Å². The second-order valence-electron chi connectivity index (χ2n) is 14.1. The number of Topliss-reactive ketones (excluding diaryl/α,β-unsaturated/α-hetero) is 1. The molecule has 2 aromatic carbocycles. The monoisotopic (exact) mass is 792 g/mol. The van der Waals surface area contributed by atoms with Gasteiger partial charge in [-0.05, 0) is 100 Å². The molecule has 0 spiro atoms. The van der Waals surface area contributed by atoms with Crippen molar-refractivity contribution in [3.8, 4) is 23.7 Å². The Labute approximate surface area is 369 Å². The van der Waals surface area contributed by atoms with Crippen molar-refractivity contribution in [2.45, 2.75) is 45.6 Å². The largest absolute Gasteiger partial charge is 1.00 e. The summed E-state index contributed by atoms with van der Waals surface area (Å²) in [7, 11) is 3.61. The van der Waals surface area contributed by atoms with Gasteiger partial charge in [0.1, 0.15) is 28.8 Å². The summed E-state index contributed by atoms with van der Waals surface area (Å²) in [5.74, 6) is 14.8. The van der Waals surface area contributed by atoms with Gasteiger partial charge in [0.05, 0.1) is 21.8 Å². The van der Waals surface area contributed by atoms with Gasteiger partial charge in [-0.25, -0.2) is 19.9 Å². The Kier molecular flexibility index (Phi) is 18.1. The van der Waals surface area contributed by atoms with Gasteiger partial charge in [-0.2, -0.15) is 0 Å². The van der Waals surface area contributed by atoms with Crippen molar-refractivity contribution in [2.75, 3.05) is 26.2 Å². The van der Waals surface area contributed by atoms with Crippen molar-refractivity contribution in [1.29, 1.82) is 5.26 Å². The molecule has 59 heavy (non-hydrogen) atoms. The zero-order chi connectivity index (χ0) is 41.1. The third-order valence-corrected chi connectivity index (χ3v) is 9.37. The Morgan fingerprint density at radius 2 is 1.15 bits per heavy atom. The number of fused-ring (bicyclic) bond motifs is 2. The van der Waals surface area contributed by atoms with Gasteiger partial charge in [0, 0.05) is 90.1 Å². The van der Waals surface area contributed by atoms with E-state index in [0.29, 0.717) is 39.7 Å². The van der Waals surface area contributed by atoms with Gasteiger partial charge in [-0.15, -0.1) is 0 Å². The van der Waals surface area contributed by atoms with Crippen molar-refractivity contribution in [1.82, 2.24) is 39.3 Å². The summed E-state index contributed by atoms with van der Waals surface area (Å²) in [5.41, 5.74) is 4.50. The summed E-state index contributed by atoms with van der Waals surface area (Å²) in [6, 6.07) is 22.9. The molecule has 12 nitrogen and oxygen atoms in total. The standard InChI is InChI=1S/C22H22N4O.C19H16N4O.C3H6O.CN.B.Na/c1-15(2)26-13-17(14-26)21-24-20-12-16(7-9-18-6-4-5-11-23-18)8-10-19(20)22(27)25(21)3;1-23-18(14-11-20-12-14)22-17-10-13(6-8-16(17)19(23)24)5-7-15-4-2-3-9-21-15;1-3(2)4;1-2;;/h4-6,8,10-12,15,17H,13-14H2,1-3H3;2-4,6,8-10,14,20H,11-12H2,1H3;1-2H3;;;/q;;;-1;;+1. The molecule has 291 valence electrons. The van der Waals surface area contributed by atoms with E-state index >= 15 is 0 Å². The SMILES string of the molecule is CC(C)=O.CC(C)N1CC(c2nc3cc(C#Cc4ccccn4)ccc3c(=O)n2C)C1.Cn1c(C2CNC2)nc2cc(C#Cc3ccccn3)ccc2c1=O.[B].[C-]#N.[Na+]. The maximum Gasteiger partial charge on any atom is 1.00 e. The van der Waals surface area contributed by atoms with E-state index in [-0.39, 0.29) is 54.9 Å². The van der Waals surface area contributed by atoms with E-state index in [1.54, 1.807) is 34.6 Å². The van der Waals surface area contributed by atoms with Crippen LogP contribution in [0.5, 0.6) is 0 Å². The minimum Gasteiger partial charge on any atom is -0.512 e. The maximum absolute atomic E-state index is 12.8. The minimum atomic E-state index is -0.00821. The number of pyridine rings is 2. The minimum absolute atomic E-state index is 0. The molecule has 14 heteroatoms. The number of hydrogen-bond donors (Lipinski definition) is 1. The number of nitrogens with one attached hydrogen (secondary N) is 1. The van der Waals surface area contributed by atoms with Crippen LogP contribution in [0.3, 0.4) is 0 Å². The second kappa shape index (κ2) is 22.4. The Bertz CT molecular complexity index is 2650. The Morgan fingerprint density at radius 3 is 1.51 bits per heavy atom. The fourth-order valence-electron chi connectivity index (χ4n) is 6.18. The molecule has 2 saturated heterocycles. The number of aromatic nitrogens is 6. The zero-order valence-electron chi connectivity index (χ0n) is 34.5. The molecule has 0 bridgehead atoms. The number of likely N-dealkylation sites (tertiary alicyclic amines) is 1. The predicted molar refractivity (Wildman–Crippen MR) is 227 cm³/mol. The quantitative estimate of drug-likeness (QED) is 0.158. The zero-order valence-corrected chi connectivity index (χ0v) is 36.5. The maximum atomic E-state index is 12.8. The van der Waals surface area contributed by atoms with Crippen LogP contribution in [-0.4, -0.2) is 80.4 Å². The molecule has 6 heterocycles. The number of rotatable bonds is 3. The third kappa shape index (κ3) is 12.2. The summed E-state index contributed by atoms with van der Waals surface area (Å²) in [6.45, 7) is 15.8. The Balaban J connectivity index is 0.000000272. The van der Waals surface area contributed by atoms with Gasteiger partial charge in [-0.3, -0.25) is 23.6 Å². The van der Waals surface area contributed by atoms with Gasteiger partial charge in [0.2, 0.25) is 0 Å². The van der Waals surface area contributed by atoms with E-state index in [9.17, 15) is 14.4 Å². The Hall–Kier alpha value is -5.72. The Morgan fingerprint density at radius 1 is 0.729 bits per heavy atom. The van der Waals surface area contributed by atoms with Crippen LogP contribution in [0.4, 0.5) is 0 Å². The van der Waals surface area contributed by atoms with Crippen LogP contribution in [0.25, 0.3) is 21.8 Å². The van der Waals surface area contributed by atoms with E-state index in [0.717, 1.165) is 60.3 Å². The van der Waals surface area contributed by atoms with E-state index in [1.165, 1.54) is 13.8 Å². The van der Waals surface area contributed by atoms with Crippen LogP contribution >= 0.6 is 0 Å². The van der Waals surface area contributed by atoms with Gasteiger partial charge < -0.3 is 21.9 Å².